The van der Waals surface area contributed by atoms with Crippen LogP contribution >= 0.6 is 0 Å². The van der Waals surface area contributed by atoms with Gasteiger partial charge in [-0.25, -0.2) is 0 Å². The number of hydrogen-bond acceptors (Lipinski definition) is 2. The molecule has 2 rings (SSSR count). The molecule has 1 aliphatic rings. The fourth-order valence-electron chi connectivity index (χ4n) is 2.72. The summed E-state index contributed by atoms with van der Waals surface area (Å²) < 4.78 is 0. The first kappa shape index (κ1) is 15.1. The van der Waals surface area contributed by atoms with Crippen molar-refractivity contribution in [2.75, 3.05) is 13.2 Å². The molecular formula is C18H25NO. The molecule has 1 N–H and O–H groups in total. The fraction of sp³-hybridized carbons (Fsp3) is 0.556. The number of rotatable bonds is 3. The van der Waals surface area contributed by atoms with Crippen molar-refractivity contribution in [1.82, 2.24) is 4.90 Å². The normalized spacial score (nSPS) is 20.0. The van der Waals surface area contributed by atoms with Crippen LogP contribution in [0.25, 0.3) is 0 Å². The topological polar surface area (TPSA) is 23.5 Å². The van der Waals surface area contributed by atoms with Gasteiger partial charge in [-0.1, -0.05) is 36.8 Å². The molecule has 1 aromatic rings. The molecule has 1 atom stereocenters. The van der Waals surface area contributed by atoms with Crippen LogP contribution < -0.4 is 0 Å². The Hall–Kier alpha value is -1.30. The quantitative estimate of drug-likeness (QED) is 0.854. The summed E-state index contributed by atoms with van der Waals surface area (Å²) in [7, 11) is 0. The Morgan fingerprint density at radius 2 is 2.00 bits per heavy atom. The molecule has 0 amide bonds. The lowest BCUT2D eigenvalue weighted by Crippen LogP contribution is -2.31. The number of hydrogen-bond donors (Lipinski definition) is 1. The predicted octanol–water partition coefficient (Wildman–Crippen LogP) is 3.19. The van der Waals surface area contributed by atoms with Crippen LogP contribution in [0.15, 0.2) is 24.3 Å². The third kappa shape index (κ3) is 4.67. The molecule has 1 heterocycles. The van der Waals surface area contributed by atoms with E-state index < -0.39 is 0 Å². The van der Waals surface area contributed by atoms with Crippen LogP contribution in [0.1, 0.15) is 50.2 Å². The van der Waals surface area contributed by atoms with Gasteiger partial charge in [-0.15, -0.1) is 0 Å². The number of benzene rings is 1. The first-order chi connectivity index (χ1) is 9.79. The number of likely N-dealkylation sites (tertiary alicyclic amines) is 1. The lowest BCUT2D eigenvalue weighted by molar-refractivity contribution is 0.205. The van der Waals surface area contributed by atoms with Crippen LogP contribution in [0.3, 0.4) is 0 Å². The molecule has 2 heteroatoms. The Balaban J connectivity index is 1.94. The van der Waals surface area contributed by atoms with E-state index in [1.165, 1.54) is 37.8 Å². The highest BCUT2D eigenvalue weighted by Gasteiger charge is 2.16. The molecule has 0 saturated carbocycles. The van der Waals surface area contributed by atoms with E-state index in [0.717, 1.165) is 12.1 Å². The van der Waals surface area contributed by atoms with Crippen LogP contribution in [0, 0.1) is 11.8 Å². The zero-order chi connectivity index (χ0) is 14.2. The zero-order valence-electron chi connectivity index (χ0n) is 12.4. The molecule has 1 aliphatic heterocycles. The summed E-state index contributed by atoms with van der Waals surface area (Å²) in [5.41, 5.74) is 2.40. The fourth-order valence-corrected chi connectivity index (χ4v) is 2.72. The Labute approximate surface area is 122 Å². The van der Waals surface area contributed by atoms with E-state index in [0.29, 0.717) is 12.5 Å². The molecule has 0 bridgehead atoms. The van der Waals surface area contributed by atoms with Gasteiger partial charge in [0.15, 0.2) is 0 Å². The van der Waals surface area contributed by atoms with E-state index in [1.807, 2.05) is 0 Å². The highest BCUT2D eigenvalue weighted by molar-refractivity contribution is 5.36. The van der Waals surface area contributed by atoms with Gasteiger partial charge < -0.3 is 5.11 Å². The Bertz CT molecular complexity index is 455. The van der Waals surface area contributed by atoms with Crippen molar-refractivity contribution >= 4 is 0 Å². The summed E-state index contributed by atoms with van der Waals surface area (Å²) in [6.07, 6.45) is 5.95. The molecule has 0 aliphatic carbocycles. The lowest BCUT2D eigenvalue weighted by atomic mass is 10.1. The van der Waals surface area contributed by atoms with Gasteiger partial charge >= 0.3 is 0 Å². The minimum absolute atomic E-state index is 0.137. The smallest absolute Gasteiger partial charge is 0.0540 e. The van der Waals surface area contributed by atoms with Crippen LogP contribution in [-0.4, -0.2) is 29.2 Å². The van der Waals surface area contributed by atoms with Gasteiger partial charge in [-0.3, -0.25) is 4.90 Å². The van der Waals surface area contributed by atoms with E-state index in [1.54, 1.807) is 0 Å². The molecule has 1 saturated heterocycles. The van der Waals surface area contributed by atoms with Crippen molar-refractivity contribution in [3.05, 3.63) is 35.4 Å². The van der Waals surface area contributed by atoms with E-state index in [-0.39, 0.29) is 6.61 Å². The summed E-state index contributed by atoms with van der Waals surface area (Å²) in [5, 5.41) is 8.71. The van der Waals surface area contributed by atoms with Gasteiger partial charge in [0.2, 0.25) is 0 Å². The summed E-state index contributed by atoms with van der Waals surface area (Å²) in [5.74, 6) is 6.03. The van der Waals surface area contributed by atoms with Crippen molar-refractivity contribution < 1.29 is 5.11 Å². The van der Waals surface area contributed by atoms with E-state index in [9.17, 15) is 0 Å². The Morgan fingerprint density at radius 3 is 2.75 bits per heavy atom. The molecule has 1 unspecified atom stereocenters. The summed E-state index contributed by atoms with van der Waals surface area (Å²) in [4.78, 5) is 2.60. The Morgan fingerprint density at radius 1 is 1.20 bits per heavy atom. The second kappa shape index (κ2) is 8.09. The van der Waals surface area contributed by atoms with Crippen molar-refractivity contribution in [3.8, 4) is 11.8 Å². The zero-order valence-corrected chi connectivity index (χ0v) is 12.4. The molecule has 1 fully saturated rings. The third-order valence-corrected chi connectivity index (χ3v) is 4.00. The second-order valence-corrected chi connectivity index (χ2v) is 5.64. The van der Waals surface area contributed by atoms with Crippen molar-refractivity contribution in [3.63, 3.8) is 0 Å². The van der Waals surface area contributed by atoms with Crippen LogP contribution in [0.2, 0.25) is 0 Å². The lowest BCUT2D eigenvalue weighted by Gasteiger charge is -2.26. The third-order valence-electron chi connectivity index (χ3n) is 4.00. The highest BCUT2D eigenvalue weighted by Crippen LogP contribution is 2.19. The van der Waals surface area contributed by atoms with Gasteiger partial charge in [0, 0.05) is 24.6 Å². The minimum atomic E-state index is 0.137. The molecule has 0 spiro atoms. The summed E-state index contributed by atoms with van der Waals surface area (Å²) >= 11 is 0. The predicted molar refractivity (Wildman–Crippen MR) is 83.4 cm³/mol. The number of aliphatic hydroxyl groups excluding tert-OH is 1. The second-order valence-electron chi connectivity index (χ2n) is 5.64. The van der Waals surface area contributed by atoms with Crippen molar-refractivity contribution in [2.24, 2.45) is 0 Å². The monoisotopic (exact) mass is 271 g/mol. The van der Waals surface area contributed by atoms with Gasteiger partial charge in [0.1, 0.15) is 0 Å². The first-order valence-corrected chi connectivity index (χ1v) is 7.72. The molecule has 20 heavy (non-hydrogen) atoms. The van der Waals surface area contributed by atoms with Crippen molar-refractivity contribution in [1.29, 1.82) is 0 Å². The summed E-state index contributed by atoms with van der Waals surface area (Å²) in [6, 6.07) is 9.23. The average Bonchev–Trinajstić information content (AvgIpc) is 2.66. The van der Waals surface area contributed by atoms with Gasteiger partial charge in [-0.2, -0.15) is 0 Å². The van der Waals surface area contributed by atoms with Crippen molar-refractivity contribution in [2.45, 2.75) is 51.6 Å². The van der Waals surface area contributed by atoms with Crippen LogP contribution in [0.5, 0.6) is 0 Å². The maximum absolute atomic E-state index is 8.71. The largest absolute Gasteiger partial charge is 0.395 e. The molecule has 1 aromatic carbocycles. The van der Waals surface area contributed by atoms with Crippen LogP contribution in [0.4, 0.5) is 0 Å². The molecule has 2 nitrogen and oxygen atoms in total. The Kier molecular flexibility index (Phi) is 6.11. The maximum atomic E-state index is 8.71. The first-order valence-electron chi connectivity index (χ1n) is 7.72. The molecule has 0 radical (unpaired) electrons. The summed E-state index contributed by atoms with van der Waals surface area (Å²) in [6.45, 7) is 4.75. The van der Waals surface area contributed by atoms with E-state index in [4.69, 9.17) is 5.11 Å². The number of nitrogens with zero attached hydrogens (tertiary/aromatic N) is 1. The van der Waals surface area contributed by atoms with Gasteiger partial charge in [-0.05, 0) is 44.0 Å². The van der Waals surface area contributed by atoms with E-state index >= 15 is 0 Å². The van der Waals surface area contributed by atoms with Crippen LogP contribution in [-0.2, 0) is 6.54 Å². The molecular weight excluding hydrogens is 246 g/mol. The minimum Gasteiger partial charge on any atom is -0.395 e. The van der Waals surface area contributed by atoms with E-state index in [2.05, 4.69) is 47.9 Å². The maximum Gasteiger partial charge on any atom is 0.0540 e. The standard InChI is InChI=1S/C18H25NO/c1-16-7-3-2-5-13-19(16)15-18-11-9-17(10-12-18)8-4-6-14-20/h9-12,16,20H,2-3,5-7,13-15H2,1H3. The van der Waals surface area contributed by atoms with Gasteiger partial charge in [0.05, 0.1) is 6.61 Å². The average molecular weight is 271 g/mol. The SMILES string of the molecule is CC1CCCCCN1Cc1ccc(C#CCCO)cc1. The highest BCUT2D eigenvalue weighted by atomic mass is 16.2. The molecule has 0 aromatic heterocycles. The van der Waals surface area contributed by atoms with Gasteiger partial charge in [0.25, 0.3) is 0 Å². The molecule has 108 valence electrons. The number of aliphatic hydroxyl groups is 1.